The summed E-state index contributed by atoms with van der Waals surface area (Å²) < 4.78 is 0. The van der Waals surface area contributed by atoms with E-state index in [-0.39, 0.29) is 6.42 Å². The van der Waals surface area contributed by atoms with Crippen LogP contribution in [-0.4, -0.2) is 22.6 Å². The molecule has 0 rings (SSSR count). The molecule has 0 fully saturated rings. The van der Waals surface area contributed by atoms with E-state index in [2.05, 4.69) is 6.92 Å². The molecule has 1 N–H and O–H groups in total. The maximum Gasteiger partial charge on any atom is 0.328 e. The molecule has 0 radical (unpaired) electrons. The molecule has 0 aromatic carbocycles. The third kappa shape index (κ3) is 13.5. The lowest BCUT2D eigenvalue weighted by Crippen LogP contribution is -2.11. The van der Waals surface area contributed by atoms with E-state index in [9.17, 15) is 14.4 Å². The second kappa shape index (κ2) is 14.5. The second-order valence-corrected chi connectivity index (χ2v) is 5.74. The number of hydrogen-bond acceptors (Lipinski definition) is 3. The number of unbranched alkanes of at least 4 members (excludes halogenated alkanes) is 10. The first-order valence-corrected chi connectivity index (χ1v) is 8.56. The highest BCUT2D eigenvalue weighted by atomic mass is 16.4. The summed E-state index contributed by atoms with van der Waals surface area (Å²) in [5, 5.41) is 8.37. The summed E-state index contributed by atoms with van der Waals surface area (Å²) in [5.41, 5.74) is 0. The minimum absolute atomic E-state index is 0.222. The lowest BCUT2D eigenvalue weighted by molar-refractivity contribution is -0.134. The van der Waals surface area contributed by atoms with Gasteiger partial charge in [0.2, 0.25) is 11.6 Å². The van der Waals surface area contributed by atoms with E-state index in [1.165, 1.54) is 51.4 Å². The van der Waals surface area contributed by atoms with Gasteiger partial charge in [-0.15, -0.1) is 0 Å². The Kier molecular flexibility index (Phi) is 13.5. The molecule has 0 saturated carbocycles. The zero-order valence-corrected chi connectivity index (χ0v) is 13.8. The lowest BCUT2D eigenvalue weighted by Gasteiger charge is -2.02. The van der Waals surface area contributed by atoms with Crippen LogP contribution in [0.25, 0.3) is 0 Å². The third-order valence-electron chi connectivity index (χ3n) is 3.66. The molecule has 126 valence electrons. The Morgan fingerprint density at radius 2 is 1.18 bits per heavy atom. The highest BCUT2D eigenvalue weighted by Crippen LogP contribution is 2.12. The molecular weight excluding hydrogens is 280 g/mol. The SMILES string of the molecule is CCCCCCCCCCCCCC(=O)C(=O)C=CC(=O)O. The van der Waals surface area contributed by atoms with Crippen molar-refractivity contribution in [2.75, 3.05) is 0 Å². The van der Waals surface area contributed by atoms with Gasteiger partial charge in [-0.05, 0) is 12.5 Å². The minimum Gasteiger partial charge on any atom is -0.478 e. The average molecular weight is 310 g/mol. The molecule has 22 heavy (non-hydrogen) atoms. The molecule has 0 aliphatic rings. The zero-order valence-electron chi connectivity index (χ0n) is 13.8. The predicted molar refractivity (Wildman–Crippen MR) is 87.9 cm³/mol. The number of carboxylic acid groups (broad SMARTS) is 1. The van der Waals surface area contributed by atoms with Crippen LogP contribution >= 0.6 is 0 Å². The summed E-state index contributed by atoms with van der Waals surface area (Å²) in [4.78, 5) is 32.9. The molecular formula is C18H30O4. The number of carbonyl (C=O) groups excluding carboxylic acids is 2. The summed E-state index contributed by atoms with van der Waals surface area (Å²) in [7, 11) is 0. The smallest absolute Gasteiger partial charge is 0.328 e. The Morgan fingerprint density at radius 1 is 0.727 bits per heavy atom. The van der Waals surface area contributed by atoms with Gasteiger partial charge in [-0.3, -0.25) is 9.59 Å². The summed E-state index contributed by atoms with van der Waals surface area (Å²) in [6, 6.07) is 0. The minimum atomic E-state index is -1.21. The molecule has 0 aliphatic heterocycles. The van der Waals surface area contributed by atoms with Crippen LogP contribution in [-0.2, 0) is 14.4 Å². The fourth-order valence-corrected chi connectivity index (χ4v) is 2.31. The molecule has 0 spiro atoms. The molecule has 0 saturated heterocycles. The van der Waals surface area contributed by atoms with E-state index >= 15 is 0 Å². The van der Waals surface area contributed by atoms with Crippen LogP contribution in [0, 0.1) is 0 Å². The number of aliphatic carboxylic acids is 1. The summed E-state index contributed by atoms with van der Waals surface area (Å²) in [6.45, 7) is 2.22. The fourth-order valence-electron chi connectivity index (χ4n) is 2.31. The number of rotatable bonds is 15. The van der Waals surface area contributed by atoms with Gasteiger partial charge in [0.05, 0.1) is 0 Å². The standard InChI is InChI=1S/C18H30O4/c1-2-3-4-5-6-7-8-9-10-11-12-13-16(19)17(20)14-15-18(21)22/h14-15H,2-13H2,1H3,(H,21,22). The van der Waals surface area contributed by atoms with Crippen molar-refractivity contribution in [1.29, 1.82) is 0 Å². The van der Waals surface area contributed by atoms with Gasteiger partial charge in [0.15, 0.2) is 0 Å². The first kappa shape index (κ1) is 20.6. The van der Waals surface area contributed by atoms with E-state index in [0.29, 0.717) is 12.5 Å². The van der Waals surface area contributed by atoms with E-state index in [1.54, 1.807) is 0 Å². The van der Waals surface area contributed by atoms with Crippen LogP contribution in [0.5, 0.6) is 0 Å². The van der Waals surface area contributed by atoms with Crippen LogP contribution in [0.2, 0.25) is 0 Å². The molecule has 0 bridgehead atoms. The topological polar surface area (TPSA) is 71.4 Å². The van der Waals surface area contributed by atoms with Crippen molar-refractivity contribution < 1.29 is 19.5 Å². The van der Waals surface area contributed by atoms with Crippen molar-refractivity contribution in [2.24, 2.45) is 0 Å². The zero-order chi connectivity index (χ0) is 16.6. The maximum absolute atomic E-state index is 11.4. The largest absolute Gasteiger partial charge is 0.478 e. The van der Waals surface area contributed by atoms with Gasteiger partial charge < -0.3 is 5.11 Å². The van der Waals surface area contributed by atoms with Gasteiger partial charge >= 0.3 is 5.97 Å². The normalized spacial score (nSPS) is 11.0. The molecule has 0 unspecified atom stereocenters. The number of allylic oxidation sites excluding steroid dienone is 1. The number of carboxylic acids is 1. The third-order valence-corrected chi connectivity index (χ3v) is 3.66. The van der Waals surface area contributed by atoms with Crippen molar-refractivity contribution in [2.45, 2.75) is 84.0 Å². The van der Waals surface area contributed by atoms with Gasteiger partial charge in [0.25, 0.3) is 0 Å². The first-order valence-electron chi connectivity index (χ1n) is 8.56. The number of Topliss-reactive ketones (excluding diaryl/α,β-unsaturated/α-hetero) is 1. The highest BCUT2D eigenvalue weighted by molar-refractivity contribution is 6.41. The molecule has 0 aliphatic carbocycles. The molecule has 0 aromatic rings. The van der Waals surface area contributed by atoms with Gasteiger partial charge in [-0.25, -0.2) is 4.79 Å². The van der Waals surface area contributed by atoms with Crippen LogP contribution < -0.4 is 0 Å². The van der Waals surface area contributed by atoms with Crippen LogP contribution in [0.15, 0.2) is 12.2 Å². The highest BCUT2D eigenvalue weighted by Gasteiger charge is 2.09. The van der Waals surface area contributed by atoms with Crippen molar-refractivity contribution in [3.8, 4) is 0 Å². The fraction of sp³-hybridized carbons (Fsp3) is 0.722. The summed E-state index contributed by atoms with van der Waals surface area (Å²) in [5.74, 6) is -2.42. The van der Waals surface area contributed by atoms with Crippen LogP contribution in [0.3, 0.4) is 0 Å². The Bertz CT molecular complexity index is 358. The number of carbonyl (C=O) groups is 3. The van der Waals surface area contributed by atoms with Crippen molar-refractivity contribution in [1.82, 2.24) is 0 Å². The molecule has 0 atom stereocenters. The van der Waals surface area contributed by atoms with Gasteiger partial charge in [0, 0.05) is 12.5 Å². The monoisotopic (exact) mass is 310 g/mol. The molecule has 0 heterocycles. The number of hydrogen-bond donors (Lipinski definition) is 1. The maximum atomic E-state index is 11.4. The van der Waals surface area contributed by atoms with E-state index in [1.807, 2.05) is 0 Å². The Hall–Kier alpha value is -1.45. The summed E-state index contributed by atoms with van der Waals surface area (Å²) in [6.07, 6.45) is 14.9. The van der Waals surface area contributed by atoms with E-state index < -0.39 is 17.5 Å². The van der Waals surface area contributed by atoms with Crippen molar-refractivity contribution in [3.63, 3.8) is 0 Å². The molecule has 0 aromatic heterocycles. The molecule has 4 heteroatoms. The van der Waals surface area contributed by atoms with Crippen LogP contribution in [0.4, 0.5) is 0 Å². The lowest BCUT2D eigenvalue weighted by atomic mass is 10.0. The first-order chi connectivity index (χ1) is 10.6. The Morgan fingerprint density at radius 3 is 1.64 bits per heavy atom. The van der Waals surface area contributed by atoms with Crippen molar-refractivity contribution >= 4 is 17.5 Å². The second-order valence-electron chi connectivity index (χ2n) is 5.74. The van der Waals surface area contributed by atoms with E-state index in [4.69, 9.17) is 5.11 Å². The molecule has 4 nitrogen and oxygen atoms in total. The van der Waals surface area contributed by atoms with Gasteiger partial charge in [-0.2, -0.15) is 0 Å². The van der Waals surface area contributed by atoms with Gasteiger partial charge in [0.1, 0.15) is 0 Å². The van der Waals surface area contributed by atoms with E-state index in [0.717, 1.165) is 18.9 Å². The average Bonchev–Trinajstić information content (AvgIpc) is 2.49. The number of ketones is 2. The summed E-state index contributed by atoms with van der Waals surface area (Å²) >= 11 is 0. The molecule has 0 amide bonds. The predicted octanol–water partition coefficient (Wildman–Crippen LogP) is 4.47. The quantitative estimate of drug-likeness (QED) is 0.275. The van der Waals surface area contributed by atoms with Crippen molar-refractivity contribution in [3.05, 3.63) is 12.2 Å². The Labute approximate surface area is 134 Å². The van der Waals surface area contributed by atoms with Crippen LogP contribution in [0.1, 0.15) is 84.0 Å². The van der Waals surface area contributed by atoms with Gasteiger partial charge in [-0.1, -0.05) is 71.1 Å². The Balaban J connectivity index is 3.40.